The van der Waals surface area contributed by atoms with Gasteiger partial charge in [0.2, 0.25) is 0 Å². The highest BCUT2D eigenvalue weighted by atomic mass is 16.5. The van der Waals surface area contributed by atoms with E-state index in [4.69, 9.17) is 4.74 Å². The smallest absolute Gasteiger partial charge is 0.319 e. The second-order valence-corrected chi connectivity index (χ2v) is 7.81. The van der Waals surface area contributed by atoms with Gasteiger partial charge in [-0.05, 0) is 48.9 Å². The van der Waals surface area contributed by atoms with Crippen molar-refractivity contribution in [2.24, 2.45) is 0 Å². The maximum Gasteiger partial charge on any atom is 0.319 e. The SMILES string of the molecule is CCCCOc1ccc(NC(=O)NCc2nn(Cc3ccccn3)c(=O)c3ccccc23)cc1. The first-order valence-corrected chi connectivity index (χ1v) is 11.3. The number of carbonyl (C=O) groups excluding carboxylic acids is 1. The molecule has 2 aromatic carbocycles. The van der Waals surface area contributed by atoms with Crippen LogP contribution in [0.3, 0.4) is 0 Å². The molecule has 0 aliphatic rings. The predicted octanol–water partition coefficient (Wildman–Crippen LogP) is 4.34. The highest BCUT2D eigenvalue weighted by Gasteiger charge is 2.12. The monoisotopic (exact) mass is 457 g/mol. The Labute approximate surface area is 197 Å². The van der Waals surface area contributed by atoms with Crippen molar-refractivity contribution >= 4 is 22.5 Å². The van der Waals surface area contributed by atoms with Crippen molar-refractivity contribution in [1.29, 1.82) is 0 Å². The van der Waals surface area contributed by atoms with Crippen molar-refractivity contribution in [3.05, 3.63) is 94.7 Å². The zero-order valence-electron chi connectivity index (χ0n) is 19.0. The zero-order valence-corrected chi connectivity index (χ0v) is 19.0. The Morgan fingerprint density at radius 2 is 1.76 bits per heavy atom. The average Bonchev–Trinajstić information content (AvgIpc) is 2.87. The van der Waals surface area contributed by atoms with Crippen molar-refractivity contribution in [2.75, 3.05) is 11.9 Å². The molecule has 0 aliphatic heterocycles. The molecule has 2 heterocycles. The lowest BCUT2D eigenvalue weighted by Gasteiger charge is -2.12. The van der Waals surface area contributed by atoms with Crippen molar-refractivity contribution in [1.82, 2.24) is 20.1 Å². The topological polar surface area (TPSA) is 98.1 Å². The molecule has 2 amide bonds. The number of ether oxygens (including phenoxy) is 1. The van der Waals surface area contributed by atoms with Crippen LogP contribution in [0.4, 0.5) is 10.5 Å². The van der Waals surface area contributed by atoms with Crippen LogP contribution in [0.2, 0.25) is 0 Å². The molecule has 0 saturated heterocycles. The van der Waals surface area contributed by atoms with Gasteiger partial charge in [0, 0.05) is 17.3 Å². The molecule has 0 radical (unpaired) electrons. The molecular weight excluding hydrogens is 430 g/mol. The Balaban J connectivity index is 1.45. The van der Waals surface area contributed by atoms with Crippen LogP contribution in [0.1, 0.15) is 31.2 Å². The number of hydrogen-bond donors (Lipinski definition) is 2. The number of rotatable bonds is 9. The van der Waals surface area contributed by atoms with Crippen LogP contribution >= 0.6 is 0 Å². The van der Waals surface area contributed by atoms with E-state index in [1.54, 1.807) is 24.4 Å². The van der Waals surface area contributed by atoms with Gasteiger partial charge in [-0.25, -0.2) is 9.48 Å². The summed E-state index contributed by atoms with van der Waals surface area (Å²) in [4.78, 5) is 29.7. The van der Waals surface area contributed by atoms with E-state index in [0.717, 1.165) is 24.3 Å². The Morgan fingerprint density at radius 1 is 1.00 bits per heavy atom. The fraction of sp³-hybridized carbons (Fsp3) is 0.231. The highest BCUT2D eigenvalue weighted by Crippen LogP contribution is 2.17. The zero-order chi connectivity index (χ0) is 23.8. The number of pyridine rings is 1. The molecule has 4 aromatic rings. The van der Waals surface area contributed by atoms with E-state index in [2.05, 4.69) is 27.6 Å². The molecule has 174 valence electrons. The number of urea groups is 1. The first-order chi connectivity index (χ1) is 16.6. The summed E-state index contributed by atoms with van der Waals surface area (Å²) in [6, 6.07) is 19.7. The van der Waals surface area contributed by atoms with Crippen LogP contribution < -0.4 is 20.9 Å². The van der Waals surface area contributed by atoms with Crippen molar-refractivity contribution in [3.63, 3.8) is 0 Å². The first kappa shape index (κ1) is 23.0. The third-order valence-electron chi connectivity index (χ3n) is 5.28. The van der Waals surface area contributed by atoms with Crippen LogP contribution in [0, 0.1) is 0 Å². The molecule has 0 bridgehead atoms. The van der Waals surface area contributed by atoms with Crippen molar-refractivity contribution < 1.29 is 9.53 Å². The second-order valence-electron chi connectivity index (χ2n) is 7.81. The van der Waals surface area contributed by atoms with E-state index in [1.165, 1.54) is 4.68 Å². The Kier molecular flexibility index (Phi) is 7.49. The summed E-state index contributed by atoms with van der Waals surface area (Å²) in [5.74, 6) is 0.769. The number of carbonyl (C=O) groups is 1. The molecule has 0 spiro atoms. The van der Waals surface area contributed by atoms with Crippen molar-refractivity contribution in [3.8, 4) is 5.75 Å². The molecule has 8 nitrogen and oxygen atoms in total. The number of nitrogens with one attached hydrogen (secondary N) is 2. The number of hydrogen-bond acceptors (Lipinski definition) is 5. The summed E-state index contributed by atoms with van der Waals surface area (Å²) in [5, 5.41) is 11.4. The number of benzene rings is 2. The van der Waals surface area contributed by atoms with Crippen molar-refractivity contribution in [2.45, 2.75) is 32.9 Å². The van der Waals surface area contributed by atoms with E-state index in [9.17, 15) is 9.59 Å². The minimum absolute atomic E-state index is 0.160. The first-order valence-electron chi connectivity index (χ1n) is 11.3. The quantitative estimate of drug-likeness (QED) is 0.364. The summed E-state index contributed by atoms with van der Waals surface area (Å²) >= 11 is 0. The molecule has 2 N–H and O–H groups in total. The van der Waals surface area contributed by atoms with Crippen LogP contribution in [0.5, 0.6) is 5.75 Å². The van der Waals surface area contributed by atoms with E-state index in [0.29, 0.717) is 28.8 Å². The molecule has 0 saturated carbocycles. The van der Waals surface area contributed by atoms with Gasteiger partial charge in [-0.15, -0.1) is 0 Å². The van der Waals surface area contributed by atoms with Gasteiger partial charge in [-0.3, -0.25) is 9.78 Å². The molecule has 2 aromatic heterocycles. The summed E-state index contributed by atoms with van der Waals surface area (Å²) in [7, 11) is 0. The van der Waals surface area contributed by atoms with Crippen LogP contribution in [0.25, 0.3) is 10.8 Å². The van der Waals surface area contributed by atoms with E-state index < -0.39 is 0 Å². The molecule has 34 heavy (non-hydrogen) atoms. The van der Waals surface area contributed by atoms with E-state index in [-0.39, 0.29) is 24.7 Å². The number of fused-ring (bicyclic) bond motifs is 1. The summed E-state index contributed by atoms with van der Waals surface area (Å²) < 4.78 is 7.03. The predicted molar refractivity (Wildman–Crippen MR) is 132 cm³/mol. The standard InChI is InChI=1S/C26H27N5O3/c1-2-3-16-34-21-13-11-19(12-14-21)29-26(33)28-17-24-22-9-4-5-10-23(22)25(32)31(30-24)18-20-8-6-7-15-27-20/h4-15H,2-3,16-18H2,1H3,(H2,28,29,33). The molecule has 0 aliphatic carbocycles. The number of aromatic nitrogens is 3. The second kappa shape index (κ2) is 11.1. The molecule has 0 unspecified atom stereocenters. The van der Waals surface area contributed by atoms with Crippen LogP contribution in [-0.2, 0) is 13.1 Å². The lowest BCUT2D eigenvalue weighted by molar-refractivity contribution is 0.251. The Morgan fingerprint density at radius 3 is 2.50 bits per heavy atom. The lowest BCUT2D eigenvalue weighted by Crippen LogP contribution is -2.31. The Bertz CT molecular complexity index is 1300. The van der Waals surface area contributed by atoms with E-state index in [1.807, 2.05) is 48.5 Å². The maximum atomic E-state index is 12.9. The van der Waals surface area contributed by atoms with Gasteiger partial charge < -0.3 is 15.4 Å². The minimum atomic E-state index is -0.368. The normalized spacial score (nSPS) is 10.7. The van der Waals surface area contributed by atoms with Crippen LogP contribution in [0.15, 0.2) is 77.7 Å². The number of unbranched alkanes of at least 4 members (excludes halogenated alkanes) is 1. The number of amides is 2. The van der Waals surface area contributed by atoms with Gasteiger partial charge in [-0.1, -0.05) is 37.6 Å². The maximum absolute atomic E-state index is 12.9. The fourth-order valence-corrected chi connectivity index (χ4v) is 3.50. The van der Waals surface area contributed by atoms with Gasteiger partial charge in [0.15, 0.2) is 0 Å². The van der Waals surface area contributed by atoms with Gasteiger partial charge >= 0.3 is 6.03 Å². The third-order valence-corrected chi connectivity index (χ3v) is 5.28. The van der Waals surface area contributed by atoms with E-state index >= 15 is 0 Å². The highest BCUT2D eigenvalue weighted by molar-refractivity contribution is 5.90. The minimum Gasteiger partial charge on any atom is -0.494 e. The van der Waals surface area contributed by atoms with Gasteiger partial charge in [0.05, 0.1) is 36.5 Å². The number of anilines is 1. The molecule has 8 heteroatoms. The largest absolute Gasteiger partial charge is 0.494 e. The third kappa shape index (κ3) is 5.78. The average molecular weight is 458 g/mol. The van der Waals surface area contributed by atoms with Gasteiger partial charge in [-0.2, -0.15) is 5.10 Å². The molecule has 4 rings (SSSR count). The van der Waals surface area contributed by atoms with Gasteiger partial charge in [0.25, 0.3) is 5.56 Å². The molecule has 0 fully saturated rings. The summed E-state index contributed by atoms with van der Waals surface area (Å²) in [6.07, 6.45) is 3.75. The molecular formula is C26H27N5O3. The number of nitrogens with zero attached hydrogens (tertiary/aromatic N) is 3. The van der Waals surface area contributed by atoms with Crippen LogP contribution in [-0.4, -0.2) is 27.4 Å². The Hall–Kier alpha value is -4.20. The van der Waals surface area contributed by atoms with Gasteiger partial charge in [0.1, 0.15) is 5.75 Å². The molecule has 0 atom stereocenters. The lowest BCUT2D eigenvalue weighted by atomic mass is 10.1. The summed E-state index contributed by atoms with van der Waals surface area (Å²) in [5.41, 5.74) is 1.78. The fourth-order valence-electron chi connectivity index (χ4n) is 3.50. The summed E-state index contributed by atoms with van der Waals surface area (Å²) in [6.45, 7) is 3.19.